The van der Waals surface area contributed by atoms with Crippen molar-refractivity contribution in [1.82, 2.24) is 14.8 Å². The third-order valence-electron chi connectivity index (χ3n) is 3.91. The lowest BCUT2D eigenvalue weighted by molar-refractivity contribution is 0.323. The fourth-order valence-electron chi connectivity index (χ4n) is 2.93. The Morgan fingerprint density at radius 1 is 1.09 bits per heavy atom. The van der Waals surface area contributed by atoms with Crippen LogP contribution in [0.3, 0.4) is 0 Å². The number of ether oxygens (including phenoxy) is 1. The molecular formula is C18H17N3O. The first-order valence-corrected chi connectivity index (χ1v) is 7.48. The molecule has 0 spiro atoms. The minimum absolute atomic E-state index is 0.629. The van der Waals surface area contributed by atoms with Crippen LogP contribution in [0.2, 0.25) is 0 Å². The van der Waals surface area contributed by atoms with Gasteiger partial charge in [0.25, 0.3) is 0 Å². The van der Waals surface area contributed by atoms with Crippen molar-refractivity contribution >= 4 is 0 Å². The van der Waals surface area contributed by atoms with Crippen LogP contribution < -0.4 is 4.74 Å². The van der Waals surface area contributed by atoms with E-state index >= 15 is 0 Å². The predicted molar refractivity (Wildman–Crippen MR) is 85.5 cm³/mol. The molecule has 1 aromatic heterocycles. The minimum Gasteiger partial charge on any atom is -0.491 e. The molecule has 1 aliphatic heterocycles. The standard InChI is InChI=1S/C18H17N3O/c1-12-10-13(2)17-15(11-12)21-16(8-9-22-17)19-18(20-21)14-6-4-3-5-7-14/h3-7,10-11H,8-9H2,1-2H3. The third-order valence-corrected chi connectivity index (χ3v) is 3.91. The first kappa shape index (κ1) is 13.1. The van der Waals surface area contributed by atoms with Crippen LogP contribution in [0.4, 0.5) is 0 Å². The molecule has 2 aromatic carbocycles. The zero-order chi connectivity index (χ0) is 15.1. The Morgan fingerprint density at radius 2 is 1.91 bits per heavy atom. The Kier molecular flexibility index (Phi) is 2.96. The van der Waals surface area contributed by atoms with Crippen LogP contribution in [0.25, 0.3) is 17.1 Å². The summed E-state index contributed by atoms with van der Waals surface area (Å²) in [6.45, 7) is 4.79. The first-order chi connectivity index (χ1) is 10.7. The highest BCUT2D eigenvalue weighted by molar-refractivity contribution is 5.58. The fourth-order valence-corrected chi connectivity index (χ4v) is 2.93. The summed E-state index contributed by atoms with van der Waals surface area (Å²) in [5, 5.41) is 4.73. The number of rotatable bonds is 1. The SMILES string of the molecule is Cc1cc(C)c2c(c1)-n1nc(-c3ccccc3)nc1CCO2. The highest BCUT2D eigenvalue weighted by Crippen LogP contribution is 2.32. The molecule has 22 heavy (non-hydrogen) atoms. The van der Waals surface area contributed by atoms with Crippen molar-refractivity contribution in [2.24, 2.45) is 0 Å². The Labute approximate surface area is 129 Å². The van der Waals surface area contributed by atoms with Crippen LogP contribution >= 0.6 is 0 Å². The van der Waals surface area contributed by atoms with E-state index in [0.717, 1.165) is 40.6 Å². The molecule has 4 heteroatoms. The normalized spacial score (nSPS) is 13.0. The molecule has 0 unspecified atom stereocenters. The molecule has 0 N–H and O–H groups in total. The summed E-state index contributed by atoms with van der Waals surface area (Å²) < 4.78 is 7.85. The van der Waals surface area contributed by atoms with Crippen LogP contribution in [0.5, 0.6) is 5.75 Å². The Hall–Kier alpha value is -2.62. The van der Waals surface area contributed by atoms with Crippen molar-refractivity contribution in [3.63, 3.8) is 0 Å². The Morgan fingerprint density at radius 3 is 2.73 bits per heavy atom. The highest BCUT2D eigenvalue weighted by Gasteiger charge is 2.21. The van der Waals surface area contributed by atoms with E-state index in [1.54, 1.807) is 0 Å². The topological polar surface area (TPSA) is 39.9 Å². The maximum absolute atomic E-state index is 5.92. The molecule has 1 aliphatic rings. The van der Waals surface area contributed by atoms with E-state index in [4.69, 9.17) is 14.8 Å². The van der Waals surface area contributed by atoms with Gasteiger partial charge in [0, 0.05) is 12.0 Å². The van der Waals surface area contributed by atoms with Gasteiger partial charge >= 0.3 is 0 Å². The average molecular weight is 291 g/mol. The van der Waals surface area contributed by atoms with Crippen molar-refractivity contribution in [2.45, 2.75) is 20.3 Å². The molecular weight excluding hydrogens is 274 g/mol. The molecule has 3 aromatic rings. The molecule has 0 radical (unpaired) electrons. The maximum Gasteiger partial charge on any atom is 0.181 e. The van der Waals surface area contributed by atoms with Gasteiger partial charge in [-0.05, 0) is 31.0 Å². The van der Waals surface area contributed by atoms with Gasteiger partial charge in [-0.25, -0.2) is 9.67 Å². The van der Waals surface area contributed by atoms with Crippen LogP contribution in [-0.4, -0.2) is 21.4 Å². The number of aryl methyl sites for hydroxylation is 2. The van der Waals surface area contributed by atoms with E-state index in [1.165, 1.54) is 5.56 Å². The number of hydrogen-bond acceptors (Lipinski definition) is 3. The van der Waals surface area contributed by atoms with Gasteiger partial charge in [0.2, 0.25) is 0 Å². The Balaban J connectivity index is 1.92. The molecule has 0 saturated heterocycles. The summed E-state index contributed by atoms with van der Waals surface area (Å²) >= 11 is 0. The second-order valence-electron chi connectivity index (χ2n) is 5.66. The minimum atomic E-state index is 0.629. The molecule has 2 heterocycles. The van der Waals surface area contributed by atoms with E-state index in [1.807, 2.05) is 35.0 Å². The monoisotopic (exact) mass is 291 g/mol. The molecule has 0 fully saturated rings. The number of nitrogens with zero attached hydrogens (tertiary/aromatic N) is 3. The van der Waals surface area contributed by atoms with Gasteiger partial charge < -0.3 is 4.74 Å². The molecule has 0 aliphatic carbocycles. The lowest BCUT2D eigenvalue weighted by atomic mass is 10.1. The molecule has 0 amide bonds. The molecule has 0 atom stereocenters. The van der Waals surface area contributed by atoms with E-state index in [2.05, 4.69) is 26.0 Å². The number of fused-ring (bicyclic) bond motifs is 3. The predicted octanol–water partition coefficient (Wildman–Crippen LogP) is 3.49. The largest absolute Gasteiger partial charge is 0.491 e. The van der Waals surface area contributed by atoms with Crippen molar-refractivity contribution < 1.29 is 4.74 Å². The fraction of sp³-hybridized carbons (Fsp3) is 0.222. The number of aromatic nitrogens is 3. The summed E-state index contributed by atoms with van der Waals surface area (Å²) in [6.07, 6.45) is 0.757. The lowest BCUT2D eigenvalue weighted by Crippen LogP contribution is -2.02. The van der Waals surface area contributed by atoms with E-state index < -0.39 is 0 Å². The molecule has 0 saturated carbocycles. The van der Waals surface area contributed by atoms with E-state index in [0.29, 0.717) is 6.61 Å². The van der Waals surface area contributed by atoms with Gasteiger partial charge in [-0.15, -0.1) is 5.10 Å². The molecule has 4 rings (SSSR count). The van der Waals surface area contributed by atoms with Crippen LogP contribution in [0.1, 0.15) is 17.0 Å². The zero-order valence-electron chi connectivity index (χ0n) is 12.7. The van der Waals surface area contributed by atoms with E-state index in [-0.39, 0.29) is 0 Å². The van der Waals surface area contributed by atoms with Gasteiger partial charge in [0.05, 0.1) is 6.61 Å². The number of hydrogen-bond donors (Lipinski definition) is 0. The number of benzene rings is 2. The van der Waals surface area contributed by atoms with Crippen molar-refractivity contribution in [3.05, 3.63) is 59.4 Å². The third kappa shape index (κ3) is 2.08. The summed E-state index contributed by atoms with van der Waals surface area (Å²) in [4.78, 5) is 4.71. The van der Waals surface area contributed by atoms with Crippen molar-refractivity contribution in [2.75, 3.05) is 6.61 Å². The second-order valence-corrected chi connectivity index (χ2v) is 5.66. The summed E-state index contributed by atoms with van der Waals surface area (Å²) in [6, 6.07) is 14.3. The van der Waals surface area contributed by atoms with Crippen LogP contribution in [0, 0.1) is 13.8 Å². The van der Waals surface area contributed by atoms with Gasteiger partial charge in [0.1, 0.15) is 17.3 Å². The quantitative estimate of drug-likeness (QED) is 0.689. The van der Waals surface area contributed by atoms with Gasteiger partial charge in [0.15, 0.2) is 5.82 Å². The van der Waals surface area contributed by atoms with Crippen molar-refractivity contribution in [3.8, 4) is 22.8 Å². The van der Waals surface area contributed by atoms with Gasteiger partial charge in [-0.2, -0.15) is 0 Å². The van der Waals surface area contributed by atoms with E-state index in [9.17, 15) is 0 Å². The summed E-state index contributed by atoms with van der Waals surface area (Å²) in [7, 11) is 0. The summed E-state index contributed by atoms with van der Waals surface area (Å²) in [5.74, 6) is 2.62. The van der Waals surface area contributed by atoms with Gasteiger partial charge in [-0.3, -0.25) is 0 Å². The molecule has 0 bridgehead atoms. The summed E-state index contributed by atoms with van der Waals surface area (Å²) in [5.41, 5.74) is 4.36. The smallest absolute Gasteiger partial charge is 0.181 e. The van der Waals surface area contributed by atoms with Crippen LogP contribution in [0.15, 0.2) is 42.5 Å². The Bertz CT molecular complexity index is 837. The van der Waals surface area contributed by atoms with Crippen LogP contribution in [-0.2, 0) is 6.42 Å². The zero-order valence-corrected chi connectivity index (χ0v) is 12.7. The van der Waals surface area contributed by atoms with Gasteiger partial charge in [-0.1, -0.05) is 36.4 Å². The lowest BCUT2D eigenvalue weighted by Gasteiger charge is -2.12. The van der Waals surface area contributed by atoms with Crippen molar-refractivity contribution in [1.29, 1.82) is 0 Å². The average Bonchev–Trinajstić information content (AvgIpc) is 2.86. The molecule has 110 valence electrons. The first-order valence-electron chi connectivity index (χ1n) is 7.48. The maximum atomic E-state index is 5.92. The molecule has 4 nitrogen and oxygen atoms in total. The highest BCUT2D eigenvalue weighted by atomic mass is 16.5. The second kappa shape index (κ2) is 4.98.